The predicted molar refractivity (Wildman–Crippen MR) is 152 cm³/mol. The molecule has 4 rings (SSSR count). The molecule has 1 saturated heterocycles. The Bertz CT molecular complexity index is 1360. The molecular weight excluding hydrogens is 532 g/mol. The second-order valence-corrected chi connectivity index (χ2v) is 10.4. The number of carbonyl (C=O) groups excluding carboxylic acids is 4. The number of rotatable bonds is 12. The quantitative estimate of drug-likeness (QED) is 0.306. The Kier molecular flexibility index (Phi) is 9.79. The van der Waals surface area contributed by atoms with Crippen LogP contribution in [0.2, 0.25) is 0 Å². The standard InChI is InChI=1S/C28H32N6O5S/c1-3-4-14-34-17-20(16-24(34)35)27(38)30-21-10-8-18(9-11-21)26(37)31-28-33-32-23(40-28)12-13-29-25(36)19-6-5-7-22(15-19)39-2/h5-11,15,20H,3-4,12-14,16-17H2,1-2H3,(H,29,36)(H,30,38)(H,31,33,37). The van der Waals surface area contributed by atoms with Gasteiger partial charge >= 0.3 is 0 Å². The third-order valence-electron chi connectivity index (χ3n) is 6.43. The molecule has 2 heterocycles. The fraction of sp³-hybridized carbons (Fsp3) is 0.357. The Balaban J connectivity index is 1.22. The van der Waals surface area contributed by atoms with Crippen LogP contribution in [-0.2, 0) is 16.0 Å². The summed E-state index contributed by atoms with van der Waals surface area (Å²) in [5.74, 6) is -0.548. The van der Waals surface area contributed by atoms with E-state index >= 15 is 0 Å². The summed E-state index contributed by atoms with van der Waals surface area (Å²) in [7, 11) is 1.54. The number of likely N-dealkylation sites (tertiary alicyclic amines) is 1. The van der Waals surface area contributed by atoms with Gasteiger partial charge in [-0.25, -0.2) is 0 Å². The first-order chi connectivity index (χ1) is 19.4. The van der Waals surface area contributed by atoms with Gasteiger partial charge in [-0.2, -0.15) is 0 Å². The van der Waals surface area contributed by atoms with Gasteiger partial charge in [0.2, 0.25) is 16.9 Å². The summed E-state index contributed by atoms with van der Waals surface area (Å²) in [5.41, 5.74) is 1.44. The zero-order valence-corrected chi connectivity index (χ0v) is 23.3. The minimum absolute atomic E-state index is 0.0124. The number of aromatic nitrogens is 2. The first-order valence-corrected chi connectivity index (χ1v) is 13.9. The van der Waals surface area contributed by atoms with Crippen molar-refractivity contribution in [2.24, 2.45) is 5.92 Å². The summed E-state index contributed by atoms with van der Waals surface area (Å²) in [6.07, 6.45) is 2.59. The number of methoxy groups -OCH3 is 1. The number of nitrogens with zero attached hydrogens (tertiary/aromatic N) is 3. The van der Waals surface area contributed by atoms with Gasteiger partial charge in [-0.3, -0.25) is 24.5 Å². The molecule has 0 saturated carbocycles. The summed E-state index contributed by atoms with van der Waals surface area (Å²) in [4.78, 5) is 51.5. The molecule has 0 aliphatic carbocycles. The van der Waals surface area contributed by atoms with Crippen molar-refractivity contribution in [1.82, 2.24) is 20.4 Å². The van der Waals surface area contributed by atoms with Crippen molar-refractivity contribution in [2.75, 3.05) is 37.4 Å². The molecule has 0 bridgehead atoms. The Hall–Kier alpha value is -4.32. The highest BCUT2D eigenvalue weighted by molar-refractivity contribution is 7.15. The van der Waals surface area contributed by atoms with Crippen molar-refractivity contribution in [3.8, 4) is 5.75 Å². The fourth-order valence-corrected chi connectivity index (χ4v) is 4.92. The molecule has 2 aromatic carbocycles. The van der Waals surface area contributed by atoms with Crippen molar-refractivity contribution < 1.29 is 23.9 Å². The van der Waals surface area contributed by atoms with E-state index in [4.69, 9.17) is 4.74 Å². The van der Waals surface area contributed by atoms with E-state index < -0.39 is 0 Å². The predicted octanol–water partition coefficient (Wildman–Crippen LogP) is 3.36. The first-order valence-electron chi connectivity index (χ1n) is 13.1. The zero-order chi connectivity index (χ0) is 28.5. The van der Waals surface area contributed by atoms with Gasteiger partial charge < -0.3 is 20.3 Å². The molecule has 0 spiro atoms. The van der Waals surface area contributed by atoms with E-state index in [-0.39, 0.29) is 36.0 Å². The third kappa shape index (κ3) is 7.63. The molecule has 4 amide bonds. The van der Waals surface area contributed by atoms with E-state index in [0.717, 1.165) is 12.8 Å². The highest BCUT2D eigenvalue weighted by Crippen LogP contribution is 2.21. The van der Waals surface area contributed by atoms with Crippen LogP contribution in [0.1, 0.15) is 51.9 Å². The number of benzene rings is 2. The van der Waals surface area contributed by atoms with Gasteiger partial charge in [0.1, 0.15) is 10.8 Å². The molecule has 1 aliphatic heterocycles. The smallest absolute Gasteiger partial charge is 0.257 e. The average molecular weight is 565 g/mol. The Morgan fingerprint density at radius 1 is 1.05 bits per heavy atom. The monoisotopic (exact) mass is 564 g/mol. The lowest BCUT2D eigenvalue weighted by Gasteiger charge is -2.16. The molecule has 11 nitrogen and oxygen atoms in total. The van der Waals surface area contributed by atoms with E-state index in [1.165, 1.54) is 11.3 Å². The Morgan fingerprint density at radius 2 is 1.85 bits per heavy atom. The minimum atomic E-state index is -0.380. The summed E-state index contributed by atoms with van der Waals surface area (Å²) in [6, 6.07) is 13.4. The van der Waals surface area contributed by atoms with Crippen LogP contribution in [0, 0.1) is 5.92 Å². The molecule has 1 aromatic heterocycles. The van der Waals surface area contributed by atoms with Crippen molar-refractivity contribution in [3.63, 3.8) is 0 Å². The molecule has 1 aliphatic rings. The first kappa shape index (κ1) is 28.7. The normalized spacial score (nSPS) is 14.6. The maximum atomic E-state index is 12.7. The van der Waals surface area contributed by atoms with Crippen LogP contribution < -0.4 is 20.7 Å². The number of nitrogens with one attached hydrogen (secondary N) is 3. The molecule has 3 aromatic rings. The third-order valence-corrected chi connectivity index (χ3v) is 7.32. The molecule has 3 N–H and O–H groups in total. The maximum absolute atomic E-state index is 12.7. The van der Waals surface area contributed by atoms with Crippen LogP contribution in [-0.4, -0.2) is 65.5 Å². The lowest BCUT2D eigenvalue weighted by molar-refractivity contribution is -0.128. The summed E-state index contributed by atoms with van der Waals surface area (Å²) in [5, 5.41) is 17.5. The van der Waals surface area contributed by atoms with Crippen LogP contribution in [0.15, 0.2) is 48.5 Å². The highest BCUT2D eigenvalue weighted by Gasteiger charge is 2.33. The Morgan fingerprint density at radius 3 is 2.60 bits per heavy atom. The van der Waals surface area contributed by atoms with Gasteiger partial charge in [0.15, 0.2) is 0 Å². The molecule has 210 valence electrons. The minimum Gasteiger partial charge on any atom is -0.497 e. The number of ether oxygens (including phenoxy) is 1. The van der Waals surface area contributed by atoms with Gasteiger partial charge in [-0.1, -0.05) is 30.7 Å². The SMILES string of the molecule is CCCCN1CC(C(=O)Nc2ccc(C(=O)Nc3nnc(CCNC(=O)c4cccc(OC)c4)s3)cc2)CC1=O. The molecule has 0 radical (unpaired) electrons. The fourth-order valence-electron chi connectivity index (χ4n) is 4.19. The van der Waals surface area contributed by atoms with Gasteiger partial charge in [0.25, 0.3) is 11.8 Å². The van der Waals surface area contributed by atoms with E-state index in [9.17, 15) is 19.2 Å². The van der Waals surface area contributed by atoms with Crippen molar-refractivity contribution in [1.29, 1.82) is 0 Å². The van der Waals surface area contributed by atoms with Crippen LogP contribution in [0.25, 0.3) is 0 Å². The van der Waals surface area contributed by atoms with Crippen molar-refractivity contribution in [3.05, 3.63) is 64.7 Å². The summed E-state index contributed by atoms with van der Waals surface area (Å²) in [6.45, 7) is 3.54. The van der Waals surface area contributed by atoms with Crippen LogP contribution in [0.5, 0.6) is 5.75 Å². The van der Waals surface area contributed by atoms with Gasteiger partial charge in [0.05, 0.1) is 13.0 Å². The number of unbranched alkanes of at least 4 members (excludes halogenated alkanes) is 1. The van der Waals surface area contributed by atoms with Crippen molar-refractivity contribution >= 4 is 45.8 Å². The number of carbonyl (C=O) groups is 4. The van der Waals surface area contributed by atoms with Gasteiger partial charge in [-0.15, -0.1) is 10.2 Å². The highest BCUT2D eigenvalue weighted by atomic mass is 32.1. The Labute approximate surface area is 236 Å². The van der Waals surface area contributed by atoms with Gasteiger partial charge in [-0.05, 0) is 48.9 Å². The molecule has 1 unspecified atom stereocenters. The summed E-state index contributed by atoms with van der Waals surface area (Å²) >= 11 is 1.23. The van der Waals surface area contributed by atoms with E-state index in [1.54, 1.807) is 60.5 Å². The van der Waals surface area contributed by atoms with E-state index in [1.807, 2.05) is 0 Å². The average Bonchev–Trinajstić information content (AvgIpc) is 3.57. The second kappa shape index (κ2) is 13.7. The molecule has 12 heteroatoms. The number of hydrogen-bond donors (Lipinski definition) is 3. The molecule has 1 fully saturated rings. The number of hydrogen-bond acceptors (Lipinski definition) is 8. The lowest BCUT2D eigenvalue weighted by atomic mass is 10.1. The lowest BCUT2D eigenvalue weighted by Crippen LogP contribution is -2.29. The number of amides is 4. The molecular formula is C28H32N6O5S. The maximum Gasteiger partial charge on any atom is 0.257 e. The second-order valence-electron chi connectivity index (χ2n) is 9.35. The zero-order valence-electron chi connectivity index (χ0n) is 22.4. The largest absolute Gasteiger partial charge is 0.497 e. The van der Waals surface area contributed by atoms with E-state index in [2.05, 4.69) is 33.1 Å². The molecule has 40 heavy (non-hydrogen) atoms. The topological polar surface area (TPSA) is 143 Å². The van der Waals surface area contributed by atoms with Crippen molar-refractivity contribution in [2.45, 2.75) is 32.6 Å². The number of anilines is 2. The van der Waals surface area contributed by atoms with Crippen LogP contribution >= 0.6 is 11.3 Å². The van der Waals surface area contributed by atoms with Gasteiger partial charge in [0, 0.05) is 49.3 Å². The van der Waals surface area contributed by atoms with Crippen LogP contribution in [0.3, 0.4) is 0 Å². The molecule has 1 atom stereocenters. The van der Waals surface area contributed by atoms with E-state index in [0.29, 0.717) is 58.8 Å². The van der Waals surface area contributed by atoms with Crippen LogP contribution in [0.4, 0.5) is 10.8 Å². The summed E-state index contributed by atoms with van der Waals surface area (Å²) < 4.78 is 5.14.